The molecule has 0 unspecified atom stereocenters. The van der Waals surface area contributed by atoms with E-state index in [1.54, 1.807) is 0 Å². The fourth-order valence-corrected chi connectivity index (χ4v) is 3.15. The Balaban J connectivity index is 1.81. The van der Waals surface area contributed by atoms with Crippen molar-refractivity contribution in [2.24, 2.45) is 0 Å². The van der Waals surface area contributed by atoms with Crippen molar-refractivity contribution in [3.05, 3.63) is 58.8 Å². The summed E-state index contributed by atoms with van der Waals surface area (Å²) in [6.45, 7) is 4.74. The first-order chi connectivity index (χ1) is 11.6. The smallest absolute Gasteiger partial charge is 0.239 e. The Bertz CT molecular complexity index is 772. The van der Waals surface area contributed by atoms with Gasteiger partial charge in [-0.15, -0.1) is 0 Å². The number of carbonyl (C=O) groups excluding carboxylic acids is 1. The van der Waals surface area contributed by atoms with Crippen LogP contribution in [-0.4, -0.2) is 30.0 Å². The minimum atomic E-state index is 0.00338. The van der Waals surface area contributed by atoms with Gasteiger partial charge in [0.15, 0.2) is 0 Å². The highest BCUT2D eigenvalue weighted by Gasteiger charge is 2.26. The van der Waals surface area contributed by atoms with Crippen LogP contribution in [0.15, 0.2) is 36.4 Å². The lowest BCUT2D eigenvalue weighted by atomic mass is 10.0. The summed E-state index contributed by atoms with van der Waals surface area (Å²) in [5.41, 5.74) is 3.41. The van der Waals surface area contributed by atoms with Crippen LogP contribution in [0.3, 0.4) is 0 Å². The molecule has 0 aliphatic carbocycles. The van der Waals surface area contributed by atoms with Crippen LogP contribution in [0.1, 0.15) is 22.4 Å². The lowest BCUT2D eigenvalue weighted by Gasteiger charge is -2.34. The Labute approximate surface area is 141 Å². The third kappa shape index (κ3) is 3.38. The Kier molecular flexibility index (Phi) is 4.48. The number of pyridine rings is 1. The first-order valence-electron chi connectivity index (χ1n) is 8.03. The second kappa shape index (κ2) is 6.71. The number of nitrogens with one attached hydrogen (secondary N) is 1. The fourth-order valence-electron chi connectivity index (χ4n) is 3.15. The van der Waals surface area contributed by atoms with Crippen molar-refractivity contribution in [2.75, 3.05) is 18.0 Å². The summed E-state index contributed by atoms with van der Waals surface area (Å²) in [7, 11) is 0. The molecule has 5 nitrogen and oxygen atoms in total. The van der Waals surface area contributed by atoms with E-state index in [9.17, 15) is 10.1 Å². The van der Waals surface area contributed by atoms with Crippen LogP contribution in [0.5, 0.6) is 0 Å². The molecule has 5 heteroatoms. The Hall–Kier alpha value is -2.87. The van der Waals surface area contributed by atoms with Gasteiger partial charge in [-0.25, -0.2) is 4.98 Å². The van der Waals surface area contributed by atoms with Crippen molar-refractivity contribution in [3.63, 3.8) is 0 Å². The molecule has 0 radical (unpaired) electrons. The zero-order valence-electron chi connectivity index (χ0n) is 13.9. The number of nitriles is 1. The Morgan fingerprint density at radius 2 is 2.08 bits per heavy atom. The molecule has 1 aromatic heterocycles. The number of hydrogen-bond donors (Lipinski definition) is 1. The van der Waals surface area contributed by atoms with Gasteiger partial charge in [0.2, 0.25) is 5.91 Å². The van der Waals surface area contributed by atoms with Gasteiger partial charge in [-0.2, -0.15) is 5.26 Å². The van der Waals surface area contributed by atoms with E-state index in [1.807, 2.05) is 43.0 Å². The number of benzene rings is 1. The molecule has 1 atom stereocenters. The number of aryl methyl sites for hydroxylation is 2. The summed E-state index contributed by atoms with van der Waals surface area (Å²) in [6, 6.07) is 14.3. The molecule has 24 heavy (non-hydrogen) atoms. The summed E-state index contributed by atoms with van der Waals surface area (Å²) in [4.78, 5) is 18.6. The highest BCUT2D eigenvalue weighted by molar-refractivity contribution is 5.82. The zero-order valence-corrected chi connectivity index (χ0v) is 13.9. The molecule has 122 valence electrons. The van der Waals surface area contributed by atoms with Crippen LogP contribution >= 0.6 is 0 Å². The van der Waals surface area contributed by atoms with Crippen molar-refractivity contribution in [3.8, 4) is 6.07 Å². The van der Waals surface area contributed by atoms with E-state index in [4.69, 9.17) is 0 Å². The number of carbonyl (C=O) groups is 1. The lowest BCUT2D eigenvalue weighted by molar-refractivity contribution is -0.121. The number of hydrogen-bond acceptors (Lipinski definition) is 4. The average Bonchev–Trinajstić information content (AvgIpc) is 2.55. The van der Waals surface area contributed by atoms with Gasteiger partial charge in [-0.3, -0.25) is 4.79 Å². The van der Waals surface area contributed by atoms with E-state index in [0.717, 1.165) is 17.8 Å². The van der Waals surface area contributed by atoms with Gasteiger partial charge in [0, 0.05) is 6.54 Å². The normalized spacial score (nSPS) is 17.3. The molecule has 1 aliphatic rings. The van der Waals surface area contributed by atoms with E-state index in [0.29, 0.717) is 24.3 Å². The van der Waals surface area contributed by atoms with Gasteiger partial charge >= 0.3 is 0 Å². The van der Waals surface area contributed by atoms with Gasteiger partial charge in [0.25, 0.3) is 0 Å². The SMILES string of the molecule is Cc1cc(N2CC(=O)N[C@@H](Cc3ccccc3)C2)nc(C)c1C#N. The summed E-state index contributed by atoms with van der Waals surface area (Å²) in [6.07, 6.45) is 0.789. The highest BCUT2D eigenvalue weighted by Crippen LogP contribution is 2.21. The van der Waals surface area contributed by atoms with Crippen LogP contribution in [0.25, 0.3) is 0 Å². The third-order valence-electron chi connectivity index (χ3n) is 4.29. The van der Waals surface area contributed by atoms with E-state index in [2.05, 4.69) is 28.5 Å². The number of rotatable bonds is 3. The Morgan fingerprint density at radius 1 is 1.33 bits per heavy atom. The molecule has 1 N–H and O–H groups in total. The summed E-state index contributed by atoms with van der Waals surface area (Å²) in [5, 5.41) is 12.2. The lowest BCUT2D eigenvalue weighted by Crippen LogP contribution is -2.55. The van der Waals surface area contributed by atoms with Crippen molar-refractivity contribution >= 4 is 11.7 Å². The molecular weight excluding hydrogens is 300 g/mol. The van der Waals surface area contributed by atoms with E-state index in [-0.39, 0.29) is 11.9 Å². The first-order valence-corrected chi connectivity index (χ1v) is 8.03. The molecule has 1 fully saturated rings. The van der Waals surface area contributed by atoms with Crippen LogP contribution in [-0.2, 0) is 11.2 Å². The number of nitrogens with zero attached hydrogens (tertiary/aromatic N) is 3. The van der Waals surface area contributed by atoms with Crippen LogP contribution in [0, 0.1) is 25.2 Å². The standard InChI is InChI=1S/C19H20N4O/c1-13-8-18(21-14(2)17(13)10-20)23-11-16(22-19(24)12-23)9-15-6-4-3-5-7-15/h3-8,16H,9,11-12H2,1-2H3,(H,22,24)/t16-/m0/s1. The molecule has 1 aliphatic heterocycles. The second-order valence-corrected chi connectivity index (χ2v) is 6.20. The fraction of sp³-hybridized carbons (Fsp3) is 0.316. The van der Waals surface area contributed by atoms with Crippen molar-refractivity contribution in [1.82, 2.24) is 10.3 Å². The van der Waals surface area contributed by atoms with E-state index >= 15 is 0 Å². The first kappa shape index (κ1) is 16.0. The maximum absolute atomic E-state index is 12.1. The van der Waals surface area contributed by atoms with Gasteiger partial charge in [0.1, 0.15) is 11.9 Å². The summed E-state index contributed by atoms with van der Waals surface area (Å²) >= 11 is 0. The quantitative estimate of drug-likeness (QED) is 0.940. The molecule has 0 saturated carbocycles. The van der Waals surface area contributed by atoms with E-state index in [1.165, 1.54) is 5.56 Å². The predicted molar refractivity (Wildman–Crippen MR) is 92.7 cm³/mol. The minimum Gasteiger partial charge on any atom is -0.350 e. The second-order valence-electron chi connectivity index (χ2n) is 6.20. The highest BCUT2D eigenvalue weighted by atomic mass is 16.2. The number of piperazine rings is 1. The topological polar surface area (TPSA) is 69.0 Å². The molecule has 0 spiro atoms. The Morgan fingerprint density at radius 3 is 2.75 bits per heavy atom. The van der Waals surface area contributed by atoms with Crippen molar-refractivity contribution in [2.45, 2.75) is 26.3 Å². The van der Waals surface area contributed by atoms with E-state index < -0.39 is 0 Å². The maximum atomic E-state index is 12.1. The van der Waals surface area contributed by atoms with Gasteiger partial charge < -0.3 is 10.2 Å². The third-order valence-corrected chi connectivity index (χ3v) is 4.29. The van der Waals surface area contributed by atoms with Gasteiger partial charge in [0.05, 0.1) is 23.8 Å². The van der Waals surface area contributed by atoms with Crippen molar-refractivity contribution in [1.29, 1.82) is 5.26 Å². The van der Waals surface area contributed by atoms with Crippen molar-refractivity contribution < 1.29 is 4.79 Å². The zero-order chi connectivity index (χ0) is 17.1. The monoisotopic (exact) mass is 320 g/mol. The summed E-state index contributed by atoms with van der Waals surface area (Å²) in [5.74, 6) is 0.764. The number of anilines is 1. The molecule has 1 amide bonds. The minimum absolute atomic E-state index is 0.00338. The largest absolute Gasteiger partial charge is 0.350 e. The van der Waals surface area contributed by atoms with Crippen LogP contribution in [0.4, 0.5) is 5.82 Å². The number of aromatic nitrogens is 1. The van der Waals surface area contributed by atoms with Crippen LogP contribution < -0.4 is 10.2 Å². The summed E-state index contributed by atoms with van der Waals surface area (Å²) < 4.78 is 0. The van der Waals surface area contributed by atoms with Crippen LogP contribution in [0.2, 0.25) is 0 Å². The van der Waals surface area contributed by atoms with Gasteiger partial charge in [-0.05, 0) is 37.5 Å². The molecule has 0 bridgehead atoms. The molecule has 3 rings (SSSR count). The molecular formula is C19H20N4O. The molecule has 1 aromatic carbocycles. The average molecular weight is 320 g/mol. The van der Waals surface area contributed by atoms with Gasteiger partial charge in [-0.1, -0.05) is 30.3 Å². The number of amides is 1. The molecule has 1 saturated heterocycles. The molecule has 2 heterocycles. The molecule has 2 aromatic rings. The maximum Gasteiger partial charge on any atom is 0.239 e. The predicted octanol–water partition coefficient (Wildman–Crippen LogP) is 2.12.